The van der Waals surface area contributed by atoms with Crippen LogP contribution in [0.25, 0.3) is 11.4 Å². The zero-order valence-corrected chi connectivity index (χ0v) is 14.9. The fraction of sp³-hybridized carbons (Fsp3) is 0.231. The third-order valence-corrected chi connectivity index (χ3v) is 4.80. The van der Waals surface area contributed by atoms with Gasteiger partial charge in [-0.25, -0.2) is 9.97 Å². The predicted molar refractivity (Wildman–Crippen MR) is 85.7 cm³/mol. The van der Waals surface area contributed by atoms with E-state index in [2.05, 4.69) is 41.8 Å². The second kappa shape index (κ2) is 6.28. The van der Waals surface area contributed by atoms with Gasteiger partial charge in [-0.3, -0.25) is 0 Å². The van der Waals surface area contributed by atoms with Crippen molar-refractivity contribution in [3.63, 3.8) is 0 Å². The highest BCUT2D eigenvalue weighted by molar-refractivity contribution is 9.11. The molecule has 0 aliphatic carbocycles. The van der Waals surface area contributed by atoms with Crippen molar-refractivity contribution in [2.45, 2.75) is 6.92 Å². The van der Waals surface area contributed by atoms with Crippen LogP contribution in [0.2, 0.25) is 5.15 Å². The molecular weight excluding hydrogens is 411 g/mol. The Balaban J connectivity index is 2.63. The highest BCUT2D eigenvalue weighted by Gasteiger charge is 2.15. The number of rotatable bonds is 3. The predicted octanol–water partition coefficient (Wildman–Crippen LogP) is 4.65. The van der Waals surface area contributed by atoms with Gasteiger partial charge in [0.2, 0.25) is 0 Å². The van der Waals surface area contributed by atoms with E-state index in [1.165, 1.54) is 0 Å². The first-order valence-electron chi connectivity index (χ1n) is 5.59. The summed E-state index contributed by atoms with van der Waals surface area (Å²) in [6.45, 7) is 1.86. The van der Waals surface area contributed by atoms with Gasteiger partial charge in [-0.05, 0) is 50.9 Å². The second-order valence-electron chi connectivity index (χ2n) is 3.92. The van der Waals surface area contributed by atoms with Crippen molar-refractivity contribution in [3.05, 3.63) is 31.9 Å². The van der Waals surface area contributed by atoms with Crippen LogP contribution < -0.4 is 9.47 Å². The Kier molecular flexibility index (Phi) is 4.88. The molecule has 4 nitrogen and oxygen atoms in total. The van der Waals surface area contributed by atoms with Gasteiger partial charge in [-0.1, -0.05) is 11.6 Å². The van der Waals surface area contributed by atoms with E-state index >= 15 is 0 Å². The van der Waals surface area contributed by atoms with Crippen molar-refractivity contribution in [1.82, 2.24) is 9.97 Å². The lowest BCUT2D eigenvalue weighted by Crippen LogP contribution is -1.97. The van der Waals surface area contributed by atoms with Gasteiger partial charge in [0.1, 0.15) is 5.15 Å². The van der Waals surface area contributed by atoms with Gasteiger partial charge in [-0.2, -0.15) is 0 Å². The van der Waals surface area contributed by atoms with Crippen LogP contribution in [0, 0.1) is 6.92 Å². The normalized spacial score (nSPS) is 10.5. The first-order valence-corrected chi connectivity index (χ1v) is 7.55. The largest absolute Gasteiger partial charge is 0.493 e. The molecule has 0 unspecified atom stereocenters. The molecule has 0 saturated carbocycles. The Morgan fingerprint density at radius 3 is 2.20 bits per heavy atom. The molecule has 0 aliphatic heterocycles. The second-order valence-corrected chi connectivity index (χ2v) is 5.93. The molecular formula is C13H11Br2ClN2O2. The maximum absolute atomic E-state index is 6.08. The summed E-state index contributed by atoms with van der Waals surface area (Å²) in [5, 5.41) is 0.370. The third kappa shape index (κ3) is 2.92. The minimum Gasteiger partial charge on any atom is -0.493 e. The number of hydrogen-bond acceptors (Lipinski definition) is 4. The zero-order chi connectivity index (χ0) is 14.9. The maximum Gasteiger partial charge on any atom is 0.162 e. The van der Waals surface area contributed by atoms with Crippen molar-refractivity contribution in [2.24, 2.45) is 0 Å². The molecule has 0 spiro atoms. The van der Waals surface area contributed by atoms with E-state index in [0.717, 1.165) is 15.7 Å². The molecule has 0 radical (unpaired) electrons. The lowest BCUT2D eigenvalue weighted by Gasteiger charge is -2.12. The van der Waals surface area contributed by atoms with Crippen LogP contribution in [0.3, 0.4) is 0 Å². The molecule has 7 heteroatoms. The van der Waals surface area contributed by atoms with Crippen molar-refractivity contribution < 1.29 is 9.47 Å². The van der Waals surface area contributed by atoms with Crippen molar-refractivity contribution in [1.29, 1.82) is 0 Å². The SMILES string of the molecule is COc1cc(Br)c(-c2nc(C)c(Br)c(Cl)n2)cc1OC. The number of nitrogens with zero attached hydrogens (tertiary/aromatic N) is 2. The van der Waals surface area contributed by atoms with Gasteiger partial charge in [0, 0.05) is 10.0 Å². The Hall–Kier alpha value is -0.850. The fourth-order valence-electron chi connectivity index (χ4n) is 1.67. The van der Waals surface area contributed by atoms with Gasteiger partial charge in [0.15, 0.2) is 17.3 Å². The summed E-state index contributed by atoms with van der Waals surface area (Å²) in [7, 11) is 3.16. The van der Waals surface area contributed by atoms with Crippen LogP contribution in [0.5, 0.6) is 11.5 Å². The molecule has 0 atom stereocenters. The molecule has 0 bridgehead atoms. The van der Waals surface area contributed by atoms with Crippen LogP contribution in [0.4, 0.5) is 0 Å². The maximum atomic E-state index is 6.08. The molecule has 0 fully saturated rings. The molecule has 20 heavy (non-hydrogen) atoms. The monoisotopic (exact) mass is 420 g/mol. The third-order valence-electron chi connectivity index (χ3n) is 2.69. The van der Waals surface area contributed by atoms with Crippen LogP contribution in [0.15, 0.2) is 21.1 Å². The summed E-state index contributed by atoms with van der Waals surface area (Å²) >= 11 is 12.9. The van der Waals surface area contributed by atoms with E-state index in [9.17, 15) is 0 Å². The molecule has 2 aromatic rings. The zero-order valence-electron chi connectivity index (χ0n) is 11.0. The first kappa shape index (κ1) is 15.5. The molecule has 0 N–H and O–H groups in total. The Bertz CT molecular complexity index is 642. The number of hydrogen-bond donors (Lipinski definition) is 0. The number of halogens is 3. The fourth-order valence-corrected chi connectivity index (χ4v) is 2.56. The molecule has 2 rings (SSSR count). The Labute approximate surface area is 138 Å². The van der Waals surface area contributed by atoms with Crippen molar-refractivity contribution >= 4 is 43.5 Å². The highest BCUT2D eigenvalue weighted by atomic mass is 79.9. The van der Waals surface area contributed by atoms with E-state index in [4.69, 9.17) is 21.1 Å². The van der Waals surface area contributed by atoms with Crippen LogP contribution >= 0.6 is 43.5 Å². The van der Waals surface area contributed by atoms with E-state index in [1.807, 2.05) is 19.1 Å². The molecule has 0 amide bonds. The summed E-state index contributed by atoms with van der Waals surface area (Å²) in [4.78, 5) is 8.70. The van der Waals surface area contributed by atoms with Crippen LogP contribution in [-0.2, 0) is 0 Å². The smallest absolute Gasteiger partial charge is 0.162 e. The van der Waals surface area contributed by atoms with Crippen molar-refractivity contribution in [3.8, 4) is 22.9 Å². The number of methoxy groups -OCH3 is 2. The summed E-state index contributed by atoms with van der Waals surface area (Å²) < 4.78 is 12.0. The van der Waals surface area contributed by atoms with E-state index in [0.29, 0.717) is 26.9 Å². The molecule has 1 aromatic carbocycles. The van der Waals surface area contributed by atoms with E-state index in [-0.39, 0.29) is 0 Å². The highest BCUT2D eigenvalue weighted by Crippen LogP contribution is 2.38. The summed E-state index contributed by atoms with van der Waals surface area (Å²) in [5.74, 6) is 1.75. The lowest BCUT2D eigenvalue weighted by atomic mass is 10.2. The van der Waals surface area contributed by atoms with Crippen LogP contribution in [-0.4, -0.2) is 24.2 Å². The lowest BCUT2D eigenvalue weighted by molar-refractivity contribution is 0.355. The Morgan fingerprint density at radius 2 is 1.65 bits per heavy atom. The van der Waals surface area contributed by atoms with Gasteiger partial charge in [0.05, 0.1) is 24.4 Å². The molecule has 0 saturated heterocycles. The Morgan fingerprint density at radius 1 is 1.05 bits per heavy atom. The number of aryl methyl sites for hydroxylation is 1. The first-order chi connectivity index (χ1) is 9.47. The average molecular weight is 423 g/mol. The summed E-state index contributed by atoms with van der Waals surface area (Å²) in [5.41, 5.74) is 1.54. The van der Waals surface area contributed by atoms with Crippen molar-refractivity contribution in [2.75, 3.05) is 14.2 Å². The quantitative estimate of drug-likeness (QED) is 0.676. The molecule has 0 aliphatic rings. The van der Waals surface area contributed by atoms with Gasteiger partial charge in [0.25, 0.3) is 0 Å². The van der Waals surface area contributed by atoms with Gasteiger partial charge >= 0.3 is 0 Å². The summed E-state index contributed by atoms with van der Waals surface area (Å²) in [6, 6.07) is 3.62. The molecule has 1 heterocycles. The molecule has 1 aromatic heterocycles. The number of ether oxygens (including phenoxy) is 2. The van der Waals surface area contributed by atoms with E-state index in [1.54, 1.807) is 14.2 Å². The van der Waals surface area contributed by atoms with Gasteiger partial charge in [-0.15, -0.1) is 0 Å². The number of aromatic nitrogens is 2. The minimum absolute atomic E-state index is 0.370. The molecule has 106 valence electrons. The standard InChI is InChI=1S/C13H11Br2ClN2O2/c1-6-11(15)12(16)18-13(17-6)7-4-9(19-2)10(20-3)5-8(7)14/h4-5H,1-3H3. The number of benzene rings is 1. The van der Waals surface area contributed by atoms with Gasteiger partial charge < -0.3 is 9.47 Å². The van der Waals surface area contributed by atoms with Crippen LogP contribution in [0.1, 0.15) is 5.69 Å². The van der Waals surface area contributed by atoms with E-state index < -0.39 is 0 Å². The summed E-state index contributed by atoms with van der Waals surface area (Å²) in [6.07, 6.45) is 0. The average Bonchev–Trinajstić information content (AvgIpc) is 2.43. The topological polar surface area (TPSA) is 44.2 Å². The minimum atomic E-state index is 0.370.